The van der Waals surface area contributed by atoms with Crippen molar-refractivity contribution in [1.82, 2.24) is 14.5 Å². The maximum atomic E-state index is 12.5. The first-order valence-corrected chi connectivity index (χ1v) is 10.5. The molecular weight excluding hydrogens is 362 g/mol. The molecule has 5 heteroatoms. The van der Waals surface area contributed by atoms with Gasteiger partial charge in [-0.2, -0.15) is 0 Å². The fraction of sp³-hybridized carbons (Fsp3) is 0.417. The molecule has 1 saturated heterocycles. The quantitative estimate of drug-likeness (QED) is 0.606. The molecule has 5 nitrogen and oxygen atoms in total. The summed E-state index contributed by atoms with van der Waals surface area (Å²) in [6, 6.07) is 14.5. The van der Waals surface area contributed by atoms with Gasteiger partial charge in [-0.05, 0) is 62.1 Å². The Bertz CT molecular complexity index is 1000. The number of hydrogen-bond donors (Lipinski definition) is 0. The van der Waals surface area contributed by atoms with Gasteiger partial charge in [-0.3, -0.25) is 4.79 Å². The van der Waals surface area contributed by atoms with Crippen molar-refractivity contribution in [2.45, 2.75) is 52.6 Å². The normalized spacial score (nSPS) is 16.5. The molecule has 0 spiro atoms. The van der Waals surface area contributed by atoms with Crippen LogP contribution in [0.25, 0.3) is 11.0 Å². The molecule has 0 unspecified atom stereocenters. The summed E-state index contributed by atoms with van der Waals surface area (Å²) in [7, 11) is 0. The van der Waals surface area contributed by atoms with Crippen molar-refractivity contribution < 1.29 is 9.53 Å². The van der Waals surface area contributed by atoms with Crippen LogP contribution in [0.2, 0.25) is 0 Å². The van der Waals surface area contributed by atoms with E-state index < -0.39 is 0 Å². The lowest BCUT2D eigenvalue weighted by Gasteiger charge is -2.25. The minimum absolute atomic E-state index is 0.0519. The molecule has 1 aliphatic heterocycles. The number of carbonyl (C=O) groups is 1. The van der Waals surface area contributed by atoms with E-state index >= 15 is 0 Å². The number of hydrogen-bond acceptors (Lipinski definition) is 3. The minimum Gasteiger partial charge on any atom is -0.492 e. The van der Waals surface area contributed by atoms with Crippen molar-refractivity contribution in [2.75, 3.05) is 13.2 Å². The lowest BCUT2D eigenvalue weighted by Crippen LogP contribution is -2.31. The first kappa shape index (κ1) is 19.5. The van der Waals surface area contributed by atoms with Gasteiger partial charge in [0.05, 0.1) is 23.6 Å². The first-order valence-electron chi connectivity index (χ1n) is 10.5. The van der Waals surface area contributed by atoms with Crippen molar-refractivity contribution in [2.24, 2.45) is 0 Å². The Labute approximate surface area is 172 Å². The molecule has 0 saturated carbocycles. The molecule has 0 bridgehead atoms. The second kappa shape index (κ2) is 8.27. The predicted molar refractivity (Wildman–Crippen MR) is 115 cm³/mol. The minimum atomic E-state index is 0.0519. The molecule has 2 heterocycles. The van der Waals surface area contributed by atoms with Crippen molar-refractivity contribution >= 4 is 16.9 Å². The van der Waals surface area contributed by atoms with Crippen molar-refractivity contribution in [3.63, 3.8) is 0 Å². The Morgan fingerprint density at radius 1 is 1.17 bits per heavy atom. The van der Waals surface area contributed by atoms with E-state index in [4.69, 9.17) is 9.72 Å². The standard InChI is InChI=1S/C24H29N3O2/c1-4-23(28)26-11-7-10-22(26)24-25-20-8-5-6-9-21(20)27(24)12-13-29-19-15-17(2)14-18(3)16-19/h5-6,8-9,14-16,22H,4,7,10-13H2,1-3H3/t22-/m1/s1. The largest absolute Gasteiger partial charge is 0.492 e. The zero-order valence-corrected chi connectivity index (χ0v) is 17.5. The zero-order valence-electron chi connectivity index (χ0n) is 17.5. The molecule has 0 N–H and O–H groups in total. The van der Waals surface area contributed by atoms with E-state index in [2.05, 4.69) is 42.7 Å². The summed E-state index contributed by atoms with van der Waals surface area (Å²) in [5.41, 5.74) is 4.48. The Hall–Kier alpha value is -2.82. The smallest absolute Gasteiger partial charge is 0.222 e. The van der Waals surface area contributed by atoms with Gasteiger partial charge in [0, 0.05) is 13.0 Å². The molecule has 152 valence electrons. The maximum Gasteiger partial charge on any atom is 0.222 e. The van der Waals surface area contributed by atoms with E-state index in [1.807, 2.05) is 30.0 Å². The van der Waals surface area contributed by atoms with Crippen molar-refractivity contribution in [3.8, 4) is 5.75 Å². The van der Waals surface area contributed by atoms with Gasteiger partial charge < -0.3 is 14.2 Å². The summed E-state index contributed by atoms with van der Waals surface area (Å²) in [6.07, 6.45) is 2.53. The highest BCUT2D eigenvalue weighted by molar-refractivity contribution is 5.78. The number of imidazole rings is 1. The van der Waals surface area contributed by atoms with Gasteiger partial charge in [0.25, 0.3) is 0 Å². The molecule has 3 aromatic rings. The molecule has 0 aliphatic carbocycles. The topological polar surface area (TPSA) is 47.4 Å². The Balaban J connectivity index is 1.61. The van der Waals surface area contributed by atoms with E-state index in [0.717, 1.165) is 42.0 Å². The second-order valence-corrected chi connectivity index (χ2v) is 7.88. The fourth-order valence-corrected chi connectivity index (χ4v) is 4.39. The molecule has 1 atom stereocenters. The van der Waals surface area contributed by atoms with Crippen LogP contribution in [-0.4, -0.2) is 33.5 Å². The van der Waals surface area contributed by atoms with Crippen LogP contribution in [0.1, 0.15) is 49.2 Å². The molecule has 2 aromatic carbocycles. The van der Waals surface area contributed by atoms with E-state index in [9.17, 15) is 4.79 Å². The number of rotatable bonds is 6. The summed E-state index contributed by atoms with van der Waals surface area (Å²) in [5.74, 6) is 2.09. The Kier molecular flexibility index (Phi) is 5.56. The lowest BCUT2D eigenvalue weighted by atomic mass is 10.1. The number of aryl methyl sites for hydroxylation is 2. The van der Waals surface area contributed by atoms with Crippen LogP contribution >= 0.6 is 0 Å². The number of ether oxygens (including phenoxy) is 1. The number of amides is 1. The number of aromatic nitrogens is 2. The van der Waals surface area contributed by atoms with Gasteiger partial charge in [-0.25, -0.2) is 4.98 Å². The summed E-state index contributed by atoms with van der Waals surface area (Å²) in [5, 5.41) is 0. The monoisotopic (exact) mass is 391 g/mol. The van der Waals surface area contributed by atoms with E-state index in [1.54, 1.807) is 0 Å². The van der Waals surface area contributed by atoms with Crippen LogP contribution in [0.4, 0.5) is 0 Å². The van der Waals surface area contributed by atoms with Gasteiger partial charge in [0.2, 0.25) is 5.91 Å². The van der Waals surface area contributed by atoms with Gasteiger partial charge in [0.15, 0.2) is 0 Å². The summed E-state index contributed by atoms with van der Waals surface area (Å²) < 4.78 is 8.31. The van der Waals surface area contributed by atoms with Crippen molar-refractivity contribution in [1.29, 1.82) is 0 Å². The molecule has 29 heavy (non-hydrogen) atoms. The van der Waals surface area contributed by atoms with Gasteiger partial charge in [-0.15, -0.1) is 0 Å². The first-order chi connectivity index (χ1) is 14.1. The average Bonchev–Trinajstić information content (AvgIpc) is 3.31. The molecule has 1 fully saturated rings. The Morgan fingerprint density at radius 3 is 2.69 bits per heavy atom. The molecule has 0 radical (unpaired) electrons. The highest BCUT2D eigenvalue weighted by atomic mass is 16.5. The third-order valence-electron chi connectivity index (χ3n) is 5.64. The van der Waals surface area contributed by atoms with Crippen LogP contribution in [0.3, 0.4) is 0 Å². The highest BCUT2D eigenvalue weighted by Crippen LogP contribution is 2.34. The molecular formula is C24H29N3O2. The van der Waals surface area contributed by atoms with Crippen LogP contribution in [0.15, 0.2) is 42.5 Å². The number of likely N-dealkylation sites (tertiary alicyclic amines) is 1. The highest BCUT2D eigenvalue weighted by Gasteiger charge is 2.32. The summed E-state index contributed by atoms with van der Waals surface area (Å²) in [4.78, 5) is 19.4. The van der Waals surface area contributed by atoms with E-state index in [0.29, 0.717) is 19.6 Å². The molecule has 4 rings (SSSR count). The van der Waals surface area contributed by atoms with Crippen LogP contribution in [0.5, 0.6) is 5.75 Å². The number of benzene rings is 2. The van der Waals surface area contributed by atoms with Crippen LogP contribution < -0.4 is 4.74 Å². The van der Waals surface area contributed by atoms with Crippen LogP contribution in [-0.2, 0) is 11.3 Å². The Morgan fingerprint density at radius 2 is 1.93 bits per heavy atom. The van der Waals surface area contributed by atoms with Crippen molar-refractivity contribution in [3.05, 3.63) is 59.4 Å². The molecule has 1 amide bonds. The predicted octanol–water partition coefficient (Wildman–Crippen LogP) is 4.81. The SMILES string of the molecule is CCC(=O)N1CCC[C@@H]1c1nc2ccccc2n1CCOc1cc(C)cc(C)c1. The van der Waals surface area contributed by atoms with Gasteiger partial charge >= 0.3 is 0 Å². The number of fused-ring (bicyclic) bond motifs is 1. The van der Waals surface area contributed by atoms with E-state index in [-0.39, 0.29) is 11.9 Å². The lowest BCUT2D eigenvalue weighted by molar-refractivity contribution is -0.131. The van der Waals surface area contributed by atoms with Gasteiger partial charge in [-0.1, -0.05) is 25.1 Å². The number of nitrogens with zero attached hydrogens (tertiary/aromatic N) is 3. The molecule has 1 aliphatic rings. The number of para-hydroxylation sites is 2. The average molecular weight is 392 g/mol. The summed E-state index contributed by atoms with van der Waals surface area (Å²) >= 11 is 0. The third kappa shape index (κ3) is 4.00. The van der Waals surface area contributed by atoms with Crippen LogP contribution in [0, 0.1) is 13.8 Å². The maximum absolute atomic E-state index is 12.5. The third-order valence-corrected chi connectivity index (χ3v) is 5.64. The fourth-order valence-electron chi connectivity index (χ4n) is 4.39. The second-order valence-electron chi connectivity index (χ2n) is 7.88. The number of carbonyl (C=O) groups excluding carboxylic acids is 1. The molecule has 1 aromatic heterocycles. The summed E-state index contributed by atoms with van der Waals surface area (Å²) in [6.45, 7) is 8.18. The van der Waals surface area contributed by atoms with E-state index in [1.165, 1.54) is 11.1 Å². The zero-order chi connectivity index (χ0) is 20.4. The van der Waals surface area contributed by atoms with Gasteiger partial charge in [0.1, 0.15) is 18.2 Å².